The van der Waals surface area contributed by atoms with Crippen LogP contribution in [0.4, 0.5) is 0 Å². The number of aromatic hydroxyl groups is 2. The summed E-state index contributed by atoms with van der Waals surface area (Å²) in [6.45, 7) is 0.627. The number of phenolic OH excluding ortho intramolecular Hbond substituents is 1. The summed E-state index contributed by atoms with van der Waals surface area (Å²) >= 11 is 1.48. The van der Waals surface area contributed by atoms with Crippen LogP contribution < -0.4 is 5.56 Å². The van der Waals surface area contributed by atoms with Crippen LogP contribution in [0.25, 0.3) is 0 Å². The van der Waals surface area contributed by atoms with Gasteiger partial charge in [-0.2, -0.15) is 4.98 Å². The maximum Gasteiger partial charge on any atom is 0.261 e. The van der Waals surface area contributed by atoms with Gasteiger partial charge < -0.3 is 10.2 Å². The SMILES string of the molecule is O=c1c(Cc2ccccc2O)c(O)nc2n1CCCS2. The molecule has 0 aliphatic carbocycles. The Morgan fingerprint density at radius 2 is 2.10 bits per heavy atom. The minimum Gasteiger partial charge on any atom is -0.508 e. The van der Waals surface area contributed by atoms with E-state index in [-0.39, 0.29) is 29.2 Å². The number of phenols is 1. The molecular formula is C14H14N2O3S. The van der Waals surface area contributed by atoms with Crippen molar-refractivity contribution in [2.45, 2.75) is 24.5 Å². The van der Waals surface area contributed by atoms with E-state index in [1.54, 1.807) is 28.8 Å². The normalized spacial score (nSPS) is 14.0. The third-order valence-electron chi connectivity index (χ3n) is 3.32. The van der Waals surface area contributed by atoms with Gasteiger partial charge in [0.15, 0.2) is 5.16 Å². The molecule has 0 unspecified atom stereocenters. The summed E-state index contributed by atoms with van der Waals surface area (Å²) in [5.41, 5.74) is 0.617. The molecule has 2 heterocycles. The lowest BCUT2D eigenvalue weighted by molar-refractivity contribution is 0.420. The summed E-state index contributed by atoms with van der Waals surface area (Å²) < 4.78 is 1.60. The minimum absolute atomic E-state index is 0.114. The lowest BCUT2D eigenvalue weighted by Gasteiger charge is -2.18. The van der Waals surface area contributed by atoms with Gasteiger partial charge in [0.05, 0.1) is 5.56 Å². The van der Waals surface area contributed by atoms with Crippen molar-refractivity contribution in [3.8, 4) is 11.6 Å². The number of fused-ring (bicyclic) bond motifs is 1. The Hall–Kier alpha value is -1.95. The summed E-state index contributed by atoms with van der Waals surface area (Å²) in [7, 11) is 0. The van der Waals surface area contributed by atoms with Crippen LogP contribution in [0.5, 0.6) is 11.6 Å². The van der Waals surface area contributed by atoms with Crippen LogP contribution >= 0.6 is 11.8 Å². The van der Waals surface area contributed by atoms with E-state index in [9.17, 15) is 15.0 Å². The smallest absolute Gasteiger partial charge is 0.261 e. The van der Waals surface area contributed by atoms with Crippen molar-refractivity contribution in [2.24, 2.45) is 0 Å². The summed E-state index contributed by atoms with van der Waals surface area (Å²) in [6, 6.07) is 6.79. The second kappa shape index (κ2) is 5.20. The highest BCUT2D eigenvalue weighted by molar-refractivity contribution is 7.99. The molecule has 3 rings (SSSR count). The maximum absolute atomic E-state index is 12.4. The Morgan fingerprint density at radius 1 is 1.30 bits per heavy atom. The van der Waals surface area contributed by atoms with E-state index in [2.05, 4.69) is 4.98 Å². The molecule has 2 N–H and O–H groups in total. The highest BCUT2D eigenvalue weighted by Crippen LogP contribution is 2.26. The first-order valence-electron chi connectivity index (χ1n) is 6.39. The third-order valence-corrected chi connectivity index (χ3v) is 4.38. The summed E-state index contributed by atoms with van der Waals surface area (Å²) in [5.74, 6) is 0.785. The van der Waals surface area contributed by atoms with Gasteiger partial charge in [-0.15, -0.1) is 0 Å². The number of thioether (sulfide) groups is 1. The zero-order valence-corrected chi connectivity index (χ0v) is 11.6. The molecule has 6 heteroatoms. The fourth-order valence-electron chi connectivity index (χ4n) is 2.26. The molecule has 0 bridgehead atoms. The highest BCUT2D eigenvalue weighted by atomic mass is 32.2. The Balaban J connectivity index is 2.06. The van der Waals surface area contributed by atoms with Gasteiger partial charge in [0.2, 0.25) is 5.88 Å². The molecule has 1 aromatic carbocycles. The molecule has 2 aromatic rings. The number of hydrogen-bond donors (Lipinski definition) is 2. The molecule has 0 atom stereocenters. The molecule has 0 saturated heterocycles. The van der Waals surface area contributed by atoms with Gasteiger partial charge in [-0.05, 0) is 18.1 Å². The molecule has 1 aliphatic rings. The lowest BCUT2D eigenvalue weighted by atomic mass is 10.1. The Bertz CT molecular complexity index is 712. The van der Waals surface area contributed by atoms with E-state index in [1.165, 1.54) is 11.8 Å². The molecule has 0 saturated carbocycles. The van der Waals surface area contributed by atoms with Gasteiger partial charge in [0, 0.05) is 18.7 Å². The van der Waals surface area contributed by atoms with Gasteiger partial charge in [-0.3, -0.25) is 9.36 Å². The molecule has 20 heavy (non-hydrogen) atoms. The number of benzene rings is 1. The largest absolute Gasteiger partial charge is 0.508 e. The quantitative estimate of drug-likeness (QED) is 0.824. The van der Waals surface area contributed by atoms with Crippen molar-refractivity contribution in [1.82, 2.24) is 9.55 Å². The van der Waals surface area contributed by atoms with Crippen molar-refractivity contribution < 1.29 is 10.2 Å². The molecule has 104 valence electrons. The summed E-state index contributed by atoms with van der Waals surface area (Å²) in [5, 5.41) is 20.3. The van der Waals surface area contributed by atoms with Gasteiger partial charge in [-0.25, -0.2) is 0 Å². The summed E-state index contributed by atoms with van der Waals surface area (Å²) in [6.07, 6.45) is 1.09. The zero-order valence-electron chi connectivity index (χ0n) is 10.7. The molecule has 0 radical (unpaired) electrons. The molecule has 0 spiro atoms. The maximum atomic E-state index is 12.4. The Morgan fingerprint density at radius 3 is 2.90 bits per heavy atom. The van der Waals surface area contributed by atoms with Crippen LogP contribution in [0.3, 0.4) is 0 Å². The van der Waals surface area contributed by atoms with Crippen LogP contribution in [-0.4, -0.2) is 25.5 Å². The van der Waals surface area contributed by atoms with Crippen molar-refractivity contribution >= 4 is 11.8 Å². The van der Waals surface area contributed by atoms with E-state index in [4.69, 9.17) is 0 Å². The number of aromatic nitrogens is 2. The van der Waals surface area contributed by atoms with Gasteiger partial charge in [-0.1, -0.05) is 30.0 Å². The van der Waals surface area contributed by atoms with Crippen molar-refractivity contribution in [2.75, 3.05) is 5.75 Å². The van der Waals surface area contributed by atoms with Crippen molar-refractivity contribution in [3.05, 3.63) is 45.7 Å². The average Bonchev–Trinajstić information content (AvgIpc) is 2.45. The van der Waals surface area contributed by atoms with Gasteiger partial charge >= 0.3 is 0 Å². The first kappa shape index (κ1) is 13.1. The predicted octanol–water partition coefficient (Wildman–Crippen LogP) is 1.74. The van der Waals surface area contributed by atoms with Crippen LogP contribution in [0, 0.1) is 0 Å². The first-order valence-corrected chi connectivity index (χ1v) is 7.37. The van der Waals surface area contributed by atoms with Gasteiger partial charge in [0.1, 0.15) is 5.75 Å². The number of nitrogens with zero attached hydrogens (tertiary/aromatic N) is 2. The van der Waals surface area contributed by atoms with Gasteiger partial charge in [0.25, 0.3) is 5.56 Å². The van der Waals surface area contributed by atoms with Crippen LogP contribution in [-0.2, 0) is 13.0 Å². The van der Waals surface area contributed by atoms with Crippen LogP contribution in [0.1, 0.15) is 17.5 Å². The highest BCUT2D eigenvalue weighted by Gasteiger charge is 2.19. The monoisotopic (exact) mass is 290 g/mol. The van der Waals surface area contributed by atoms with E-state index >= 15 is 0 Å². The fourth-order valence-corrected chi connectivity index (χ4v) is 3.20. The average molecular weight is 290 g/mol. The molecule has 5 nitrogen and oxygen atoms in total. The predicted molar refractivity (Wildman–Crippen MR) is 76.4 cm³/mol. The minimum atomic E-state index is -0.237. The van der Waals surface area contributed by atoms with E-state index in [0.717, 1.165) is 12.2 Å². The van der Waals surface area contributed by atoms with E-state index < -0.39 is 0 Å². The standard InChI is InChI=1S/C14H14N2O3S/c17-11-5-2-1-4-9(11)8-10-12(18)15-14-16(13(10)19)6-3-7-20-14/h1-2,4-5,17-18H,3,6-8H2. The summed E-state index contributed by atoms with van der Waals surface area (Å²) in [4.78, 5) is 16.5. The number of hydrogen-bond acceptors (Lipinski definition) is 5. The van der Waals surface area contributed by atoms with Crippen molar-refractivity contribution in [1.29, 1.82) is 0 Å². The van der Waals surface area contributed by atoms with E-state index in [0.29, 0.717) is 17.3 Å². The van der Waals surface area contributed by atoms with Crippen LogP contribution in [0.15, 0.2) is 34.2 Å². The molecule has 0 amide bonds. The van der Waals surface area contributed by atoms with Crippen molar-refractivity contribution in [3.63, 3.8) is 0 Å². The number of para-hydroxylation sites is 1. The lowest BCUT2D eigenvalue weighted by Crippen LogP contribution is -2.29. The molecular weight excluding hydrogens is 276 g/mol. The Labute approximate surface area is 119 Å². The fraction of sp³-hybridized carbons (Fsp3) is 0.286. The topological polar surface area (TPSA) is 75.3 Å². The molecule has 1 aromatic heterocycles. The second-order valence-electron chi connectivity index (χ2n) is 4.66. The number of rotatable bonds is 2. The first-order chi connectivity index (χ1) is 9.66. The third kappa shape index (κ3) is 2.27. The van der Waals surface area contributed by atoms with Crippen LogP contribution in [0.2, 0.25) is 0 Å². The van der Waals surface area contributed by atoms with E-state index in [1.807, 2.05) is 0 Å². The second-order valence-corrected chi connectivity index (χ2v) is 5.72. The Kier molecular flexibility index (Phi) is 3.40. The molecule has 1 aliphatic heterocycles. The zero-order chi connectivity index (χ0) is 14.1. The molecule has 0 fully saturated rings.